The summed E-state index contributed by atoms with van der Waals surface area (Å²) in [6.45, 7) is 2.85. The van der Waals surface area contributed by atoms with Crippen LogP contribution in [0.15, 0.2) is 42.7 Å². The topological polar surface area (TPSA) is 57.7 Å². The molecule has 0 bridgehead atoms. The standard InChI is InChI=1S/C23H27N5/c1-3-7-17(8-4-1)22-20(14-25-27-22)16-28-12-11-21-19(15-28)13-24-23(26-21)18-9-5-2-6-10-18/h1,3-4,7-8,13-14,18H,2,5-6,9-12,15-16H2,(H,25,27). The zero-order valence-electron chi connectivity index (χ0n) is 16.3. The van der Waals surface area contributed by atoms with E-state index in [-0.39, 0.29) is 0 Å². The minimum absolute atomic E-state index is 0.580. The predicted molar refractivity (Wildman–Crippen MR) is 110 cm³/mol. The van der Waals surface area contributed by atoms with E-state index in [1.54, 1.807) is 0 Å². The predicted octanol–water partition coefficient (Wildman–Crippen LogP) is 4.47. The highest BCUT2D eigenvalue weighted by Crippen LogP contribution is 2.31. The van der Waals surface area contributed by atoms with Crippen LogP contribution in [0.2, 0.25) is 0 Å². The fourth-order valence-corrected chi connectivity index (χ4v) is 4.61. The number of nitrogens with zero attached hydrogens (tertiary/aromatic N) is 4. The van der Waals surface area contributed by atoms with Gasteiger partial charge in [0.1, 0.15) is 5.82 Å². The molecule has 1 aliphatic carbocycles. The van der Waals surface area contributed by atoms with Gasteiger partial charge in [0, 0.05) is 55.0 Å². The van der Waals surface area contributed by atoms with Crippen LogP contribution >= 0.6 is 0 Å². The Labute approximate surface area is 166 Å². The van der Waals surface area contributed by atoms with E-state index in [1.165, 1.54) is 54.5 Å². The lowest BCUT2D eigenvalue weighted by Crippen LogP contribution is -2.31. The highest BCUT2D eigenvalue weighted by Gasteiger charge is 2.23. The van der Waals surface area contributed by atoms with Gasteiger partial charge in [-0.1, -0.05) is 49.6 Å². The highest BCUT2D eigenvalue weighted by atomic mass is 15.2. The number of H-pyrrole nitrogens is 1. The summed E-state index contributed by atoms with van der Waals surface area (Å²) >= 11 is 0. The van der Waals surface area contributed by atoms with Crippen molar-refractivity contribution in [2.45, 2.75) is 57.5 Å². The molecule has 0 atom stereocenters. The van der Waals surface area contributed by atoms with E-state index in [9.17, 15) is 0 Å². The van der Waals surface area contributed by atoms with Gasteiger partial charge in [-0.15, -0.1) is 0 Å². The molecule has 28 heavy (non-hydrogen) atoms. The van der Waals surface area contributed by atoms with Crippen molar-refractivity contribution < 1.29 is 0 Å². The minimum Gasteiger partial charge on any atom is -0.294 e. The molecule has 1 aromatic carbocycles. The monoisotopic (exact) mass is 373 g/mol. The third kappa shape index (κ3) is 3.59. The Bertz CT molecular complexity index is 927. The zero-order chi connectivity index (χ0) is 18.8. The molecule has 0 saturated heterocycles. The van der Waals surface area contributed by atoms with Gasteiger partial charge < -0.3 is 0 Å². The van der Waals surface area contributed by atoms with E-state index in [4.69, 9.17) is 9.97 Å². The van der Waals surface area contributed by atoms with Crippen molar-refractivity contribution in [2.75, 3.05) is 6.54 Å². The van der Waals surface area contributed by atoms with Gasteiger partial charge in [0.25, 0.3) is 0 Å². The van der Waals surface area contributed by atoms with Crippen molar-refractivity contribution in [1.82, 2.24) is 25.1 Å². The summed E-state index contributed by atoms with van der Waals surface area (Å²) in [5.41, 5.74) is 6.11. The van der Waals surface area contributed by atoms with E-state index in [0.717, 1.165) is 37.6 Å². The number of aromatic nitrogens is 4. The average molecular weight is 374 g/mol. The Morgan fingerprint density at radius 3 is 2.75 bits per heavy atom. The van der Waals surface area contributed by atoms with Gasteiger partial charge in [0.15, 0.2) is 0 Å². The molecule has 2 aromatic heterocycles. The van der Waals surface area contributed by atoms with Crippen molar-refractivity contribution in [3.8, 4) is 11.3 Å². The van der Waals surface area contributed by atoms with Gasteiger partial charge in [0.2, 0.25) is 0 Å². The van der Waals surface area contributed by atoms with E-state index in [0.29, 0.717) is 5.92 Å². The van der Waals surface area contributed by atoms with Gasteiger partial charge in [-0.2, -0.15) is 5.10 Å². The fraction of sp³-hybridized carbons (Fsp3) is 0.435. The van der Waals surface area contributed by atoms with Gasteiger partial charge in [0.05, 0.1) is 11.9 Å². The molecule has 0 radical (unpaired) electrons. The second-order valence-corrected chi connectivity index (χ2v) is 8.13. The Morgan fingerprint density at radius 1 is 1.04 bits per heavy atom. The maximum atomic E-state index is 4.98. The first kappa shape index (κ1) is 17.6. The number of hydrogen-bond donors (Lipinski definition) is 1. The number of fused-ring (bicyclic) bond motifs is 1. The first-order valence-corrected chi connectivity index (χ1v) is 10.5. The Kier molecular flexibility index (Phi) is 4.92. The first-order chi connectivity index (χ1) is 13.9. The molecule has 2 aliphatic rings. The molecule has 1 N–H and O–H groups in total. The van der Waals surface area contributed by atoms with Crippen molar-refractivity contribution in [1.29, 1.82) is 0 Å². The van der Waals surface area contributed by atoms with Crippen LogP contribution in [-0.2, 0) is 19.5 Å². The molecule has 5 heteroatoms. The number of rotatable bonds is 4. The third-order valence-corrected chi connectivity index (χ3v) is 6.18. The van der Waals surface area contributed by atoms with E-state index >= 15 is 0 Å². The normalized spacial score (nSPS) is 18.1. The number of nitrogens with one attached hydrogen (secondary N) is 1. The average Bonchev–Trinajstić information content (AvgIpc) is 3.23. The lowest BCUT2D eigenvalue weighted by Gasteiger charge is -2.29. The molecule has 1 aliphatic heterocycles. The van der Waals surface area contributed by atoms with Crippen molar-refractivity contribution in [2.24, 2.45) is 0 Å². The third-order valence-electron chi connectivity index (χ3n) is 6.18. The van der Waals surface area contributed by atoms with Gasteiger partial charge in [-0.05, 0) is 18.4 Å². The Hall–Kier alpha value is -2.53. The summed E-state index contributed by atoms with van der Waals surface area (Å²) in [6.07, 6.45) is 11.6. The summed E-state index contributed by atoms with van der Waals surface area (Å²) in [4.78, 5) is 12.2. The first-order valence-electron chi connectivity index (χ1n) is 10.5. The molecule has 0 amide bonds. The van der Waals surface area contributed by atoms with Crippen molar-refractivity contribution in [3.05, 3.63) is 65.4 Å². The van der Waals surface area contributed by atoms with Crippen LogP contribution in [0.1, 0.15) is 60.7 Å². The van der Waals surface area contributed by atoms with Crippen LogP contribution in [0.4, 0.5) is 0 Å². The second kappa shape index (κ2) is 7.84. The summed E-state index contributed by atoms with van der Waals surface area (Å²) in [6, 6.07) is 10.4. The molecule has 144 valence electrons. The van der Waals surface area contributed by atoms with Gasteiger partial charge in [-0.3, -0.25) is 10.00 Å². The maximum absolute atomic E-state index is 4.98. The van der Waals surface area contributed by atoms with Gasteiger partial charge in [-0.25, -0.2) is 9.97 Å². The SMILES string of the molecule is c1ccc(-c2[nH]ncc2CN2CCc3nc(C4CCCCC4)ncc3C2)cc1. The van der Waals surface area contributed by atoms with E-state index < -0.39 is 0 Å². The van der Waals surface area contributed by atoms with Crippen LogP contribution in [0.25, 0.3) is 11.3 Å². The number of aromatic amines is 1. The quantitative estimate of drug-likeness (QED) is 0.733. The molecule has 3 aromatic rings. The summed E-state index contributed by atoms with van der Waals surface area (Å²) in [5.74, 6) is 1.67. The van der Waals surface area contributed by atoms with Gasteiger partial charge >= 0.3 is 0 Å². The maximum Gasteiger partial charge on any atom is 0.131 e. The molecule has 3 heterocycles. The lowest BCUT2D eigenvalue weighted by molar-refractivity contribution is 0.242. The largest absolute Gasteiger partial charge is 0.294 e. The molecule has 5 nitrogen and oxygen atoms in total. The van der Waals surface area contributed by atoms with Crippen molar-refractivity contribution in [3.63, 3.8) is 0 Å². The lowest BCUT2D eigenvalue weighted by atomic mass is 9.88. The van der Waals surface area contributed by atoms with Crippen molar-refractivity contribution >= 4 is 0 Å². The second-order valence-electron chi connectivity index (χ2n) is 8.13. The number of hydrogen-bond acceptors (Lipinski definition) is 4. The summed E-state index contributed by atoms with van der Waals surface area (Å²) in [5, 5.41) is 7.47. The molecule has 5 rings (SSSR count). The minimum atomic E-state index is 0.580. The molecular weight excluding hydrogens is 346 g/mol. The smallest absolute Gasteiger partial charge is 0.131 e. The fourth-order valence-electron chi connectivity index (χ4n) is 4.61. The van der Waals surface area contributed by atoms with Crippen LogP contribution in [0, 0.1) is 0 Å². The Morgan fingerprint density at radius 2 is 1.89 bits per heavy atom. The Balaban J connectivity index is 1.30. The summed E-state index contributed by atoms with van der Waals surface area (Å²) in [7, 11) is 0. The molecule has 1 saturated carbocycles. The molecule has 0 unspecified atom stereocenters. The summed E-state index contributed by atoms with van der Waals surface area (Å²) < 4.78 is 0. The zero-order valence-corrected chi connectivity index (χ0v) is 16.3. The van der Waals surface area contributed by atoms with Crippen LogP contribution in [-0.4, -0.2) is 31.6 Å². The van der Waals surface area contributed by atoms with Crippen LogP contribution in [0.5, 0.6) is 0 Å². The van der Waals surface area contributed by atoms with E-state index in [2.05, 4.69) is 45.6 Å². The molecule has 1 fully saturated rings. The van der Waals surface area contributed by atoms with E-state index in [1.807, 2.05) is 12.3 Å². The van der Waals surface area contributed by atoms with Crippen LogP contribution in [0.3, 0.4) is 0 Å². The highest BCUT2D eigenvalue weighted by molar-refractivity contribution is 5.62. The molecule has 0 spiro atoms. The molecular formula is C23H27N5. The number of benzene rings is 1. The van der Waals surface area contributed by atoms with Crippen LogP contribution < -0.4 is 0 Å².